The number of nitrogens with one attached hydrogen (secondary N) is 2. The quantitative estimate of drug-likeness (QED) is 0.167. The van der Waals surface area contributed by atoms with Crippen molar-refractivity contribution in [3.8, 4) is 17.2 Å². The van der Waals surface area contributed by atoms with Gasteiger partial charge in [-0.3, -0.25) is 19.2 Å². The van der Waals surface area contributed by atoms with E-state index in [2.05, 4.69) is 10.6 Å². The summed E-state index contributed by atoms with van der Waals surface area (Å²) in [4.78, 5) is 61.6. The number of hydrogen-bond donors (Lipinski definition) is 6. The first kappa shape index (κ1) is 25.4. The minimum absolute atomic E-state index is 0.00206. The van der Waals surface area contributed by atoms with Gasteiger partial charge < -0.3 is 35.8 Å². The van der Waals surface area contributed by atoms with Gasteiger partial charge in [-0.15, -0.1) is 0 Å². The maximum Gasteiger partial charge on any atom is 0.328 e. The molecule has 0 radical (unpaired) electrons. The molecule has 6 N–H and O–H groups in total. The van der Waals surface area contributed by atoms with E-state index in [4.69, 9.17) is 14.9 Å². The third-order valence-corrected chi connectivity index (χ3v) is 6.09. The number of ketones is 3. The van der Waals surface area contributed by atoms with E-state index < -0.39 is 65.3 Å². The number of aliphatic hydroxyl groups excluding tert-OH is 1. The number of amides is 1. The molecule has 1 amide bonds. The molecule has 0 bridgehead atoms. The normalized spacial score (nSPS) is 20.8. The molecule has 1 aromatic rings. The second-order valence-corrected chi connectivity index (χ2v) is 8.38. The number of carboxylic acid groups (broad SMARTS) is 1. The van der Waals surface area contributed by atoms with Crippen molar-refractivity contribution in [1.82, 2.24) is 10.6 Å². The number of carbonyl (C=O) groups is 5. The number of hydrogen-bond acceptors (Lipinski definition) is 10. The minimum atomic E-state index is -1.71. The van der Waals surface area contributed by atoms with E-state index in [0.717, 1.165) is 6.08 Å². The summed E-state index contributed by atoms with van der Waals surface area (Å²) in [7, 11) is 0. The lowest BCUT2D eigenvalue weighted by molar-refractivity contribution is -0.142. The highest BCUT2D eigenvalue weighted by molar-refractivity contribution is 6.31. The highest BCUT2D eigenvalue weighted by Gasteiger charge is 2.56. The van der Waals surface area contributed by atoms with Crippen molar-refractivity contribution in [1.29, 1.82) is 0 Å². The molecule has 0 saturated carbocycles. The second-order valence-electron chi connectivity index (χ2n) is 8.38. The number of fused-ring (bicyclic) bond motifs is 3. The van der Waals surface area contributed by atoms with Crippen LogP contribution in [0.5, 0.6) is 17.2 Å². The molecular weight excluding hydrogens is 464 g/mol. The lowest BCUT2D eigenvalue weighted by Crippen LogP contribution is -2.47. The average Bonchev–Trinajstić information content (AvgIpc) is 3.07. The zero-order valence-electron chi connectivity index (χ0n) is 19.3. The summed E-state index contributed by atoms with van der Waals surface area (Å²) >= 11 is 0. The van der Waals surface area contributed by atoms with Gasteiger partial charge in [-0.1, -0.05) is 0 Å². The number of Topliss-reactive ketones (excluding diaryl/α,β-unsaturated/α-hetero) is 2. The van der Waals surface area contributed by atoms with Crippen LogP contribution in [0.3, 0.4) is 0 Å². The molecule has 2 aliphatic rings. The molecule has 0 spiro atoms. The third kappa shape index (κ3) is 3.91. The Morgan fingerprint density at radius 1 is 1.14 bits per heavy atom. The minimum Gasteiger partial charge on any atom is -0.507 e. The smallest absolute Gasteiger partial charge is 0.328 e. The van der Waals surface area contributed by atoms with Gasteiger partial charge in [-0.25, -0.2) is 4.79 Å². The van der Waals surface area contributed by atoms with E-state index in [-0.39, 0.29) is 39.5 Å². The summed E-state index contributed by atoms with van der Waals surface area (Å²) < 4.78 is 5.66. The molecule has 35 heavy (non-hydrogen) atoms. The van der Waals surface area contributed by atoms with Crippen molar-refractivity contribution in [3.63, 3.8) is 0 Å². The van der Waals surface area contributed by atoms with Crippen LogP contribution < -0.4 is 15.4 Å². The Bertz CT molecular complexity index is 1260. The van der Waals surface area contributed by atoms with E-state index in [1.54, 1.807) is 0 Å². The van der Waals surface area contributed by atoms with Crippen molar-refractivity contribution >= 4 is 29.2 Å². The number of aliphatic carboxylic acids is 1. The number of phenols is 2. The molecule has 0 aromatic heterocycles. The number of benzene rings is 1. The van der Waals surface area contributed by atoms with E-state index in [1.807, 2.05) is 0 Å². The Hall–Kier alpha value is -4.19. The predicted octanol–water partition coefficient (Wildman–Crippen LogP) is -0.280. The van der Waals surface area contributed by atoms with Crippen LogP contribution in [0, 0.1) is 6.92 Å². The summed E-state index contributed by atoms with van der Waals surface area (Å²) in [6.45, 7) is 3.97. The molecule has 186 valence electrons. The molecular formula is C23H24N2O10. The number of carbonyl (C=O) groups excluding carboxylic acids is 4. The van der Waals surface area contributed by atoms with Crippen molar-refractivity contribution in [3.05, 3.63) is 39.8 Å². The Morgan fingerprint density at radius 2 is 1.77 bits per heavy atom. The van der Waals surface area contributed by atoms with Gasteiger partial charge in [0.1, 0.15) is 40.0 Å². The van der Waals surface area contributed by atoms with Crippen LogP contribution in [0.15, 0.2) is 23.1 Å². The molecule has 1 aliphatic carbocycles. The predicted molar refractivity (Wildman–Crippen MR) is 118 cm³/mol. The van der Waals surface area contributed by atoms with E-state index in [9.17, 15) is 34.2 Å². The van der Waals surface area contributed by atoms with Crippen LogP contribution in [0.2, 0.25) is 0 Å². The van der Waals surface area contributed by atoms with Crippen molar-refractivity contribution in [2.24, 2.45) is 0 Å². The average molecular weight is 488 g/mol. The first-order chi connectivity index (χ1) is 16.3. The zero-order valence-corrected chi connectivity index (χ0v) is 19.3. The van der Waals surface area contributed by atoms with Crippen LogP contribution in [0.4, 0.5) is 0 Å². The van der Waals surface area contributed by atoms with Crippen LogP contribution in [-0.4, -0.2) is 68.8 Å². The zero-order chi connectivity index (χ0) is 26.4. The van der Waals surface area contributed by atoms with Crippen molar-refractivity contribution in [2.45, 2.75) is 39.2 Å². The number of carboxylic acids is 1. The van der Waals surface area contributed by atoms with Crippen LogP contribution in [0.25, 0.3) is 0 Å². The lowest BCUT2D eigenvalue weighted by Gasteiger charge is -2.29. The molecule has 3 rings (SSSR count). The number of phenolic OH excluding ortho intramolecular Hbond substituents is 2. The summed E-state index contributed by atoms with van der Waals surface area (Å²) in [5.74, 6) is -5.69. The Balaban J connectivity index is 2.02. The van der Waals surface area contributed by atoms with E-state index in [0.29, 0.717) is 0 Å². The molecule has 0 saturated heterocycles. The summed E-state index contributed by atoms with van der Waals surface area (Å²) in [6.07, 6.45) is 1.03. The molecule has 1 aromatic carbocycles. The highest BCUT2D eigenvalue weighted by Crippen LogP contribution is 2.57. The number of allylic oxidation sites excluding steroid dienone is 4. The van der Waals surface area contributed by atoms with Gasteiger partial charge in [-0.05, 0) is 27.7 Å². The van der Waals surface area contributed by atoms with Crippen molar-refractivity contribution in [2.75, 3.05) is 13.2 Å². The fourth-order valence-electron chi connectivity index (χ4n) is 4.09. The monoisotopic (exact) mass is 488 g/mol. The van der Waals surface area contributed by atoms with Gasteiger partial charge in [0.2, 0.25) is 5.91 Å². The Kier molecular flexibility index (Phi) is 6.45. The highest BCUT2D eigenvalue weighted by atomic mass is 16.5. The fraction of sp³-hybridized carbons (Fsp3) is 0.348. The first-order valence-electron chi connectivity index (χ1n) is 10.4. The van der Waals surface area contributed by atoms with E-state index in [1.165, 1.54) is 27.7 Å². The van der Waals surface area contributed by atoms with Crippen LogP contribution in [-0.2, 0) is 24.6 Å². The first-order valence-corrected chi connectivity index (χ1v) is 10.4. The van der Waals surface area contributed by atoms with Crippen LogP contribution >= 0.6 is 0 Å². The maximum absolute atomic E-state index is 13.6. The van der Waals surface area contributed by atoms with Crippen LogP contribution in [0.1, 0.15) is 42.3 Å². The van der Waals surface area contributed by atoms with Crippen molar-refractivity contribution < 1.29 is 49.1 Å². The van der Waals surface area contributed by atoms with E-state index >= 15 is 0 Å². The molecule has 12 nitrogen and oxygen atoms in total. The Labute approximate surface area is 198 Å². The van der Waals surface area contributed by atoms with Gasteiger partial charge in [0, 0.05) is 17.3 Å². The van der Waals surface area contributed by atoms with Gasteiger partial charge in [0.25, 0.3) is 0 Å². The summed E-state index contributed by atoms with van der Waals surface area (Å²) in [5, 5.41) is 43.8. The third-order valence-electron chi connectivity index (χ3n) is 6.09. The summed E-state index contributed by atoms with van der Waals surface area (Å²) in [5.41, 5.74) is -2.40. The second kappa shape index (κ2) is 8.87. The Morgan fingerprint density at radius 3 is 2.31 bits per heavy atom. The molecule has 1 aliphatic heterocycles. The van der Waals surface area contributed by atoms with Gasteiger partial charge in [0.05, 0.1) is 24.3 Å². The van der Waals surface area contributed by atoms with Gasteiger partial charge >= 0.3 is 5.97 Å². The largest absolute Gasteiger partial charge is 0.507 e. The molecule has 2 atom stereocenters. The topological polar surface area (TPSA) is 200 Å². The van der Waals surface area contributed by atoms with Gasteiger partial charge in [-0.2, -0.15) is 0 Å². The number of aliphatic hydroxyl groups is 1. The molecule has 1 heterocycles. The SMILES string of the molecule is CC(=O)c1c(O)c(C)c(O)c2c1OC1=CC(=O)/C(=C(/C)NCC(=O)NC(CO)C(=O)O)C(=O)[C@@]12C. The number of rotatable bonds is 7. The lowest BCUT2D eigenvalue weighted by atomic mass is 9.70. The molecule has 1 unspecified atom stereocenters. The fourth-order valence-corrected chi connectivity index (χ4v) is 4.09. The molecule has 12 heteroatoms. The number of ether oxygens (including phenoxy) is 1. The molecule has 0 fully saturated rings. The number of aromatic hydroxyl groups is 2. The standard InChI is InChI=1S/C23H24N2O10/c1-8-18(30)16(10(3)27)20-17(19(8)31)23(4)13(35-20)5-12(28)15(21(23)32)9(2)24-6-14(29)25-11(7-26)22(33)34/h5,11,24,26,30-31H,6-7H2,1-4H3,(H,25,29)(H,33,34)/b15-9+/t11?,23-/m0/s1. The van der Waals surface area contributed by atoms with Gasteiger partial charge in [0.15, 0.2) is 17.3 Å². The maximum atomic E-state index is 13.6. The summed E-state index contributed by atoms with van der Waals surface area (Å²) in [6, 6.07) is -1.52.